The van der Waals surface area contributed by atoms with Gasteiger partial charge < -0.3 is 23.8 Å². The minimum atomic E-state index is -4.67. The number of carbonyl (C=O) groups is 1. The van der Waals surface area contributed by atoms with E-state index >= 15 is 0 Å². The second-order valence-corrected chi connectivity index (χ2v) is 6.70. The van der Waals surface area contributed by atoms with Gasteiger partial charge in [-0.3, -0.25) is 4.79 Å². The first-order valence-electron chi connectivity index (χ1n) is 9.02. The monoisotopic (exact) mass is 465 g/mol. The van der Waals surface area contributed by atoms with Crippen molar-refractivity contribution in [1.82, 2.24) is 0 Å². The van der Waals surface area contributed by atoms with Crippen LogP contribution in [-0.2, 0) is 6.54 Å². The van der Waals surface area contributed by atoms with E-state index in [1.54, 1.807) is 12.1 Å². The number of methoxy groups -OCH3 is 2. The van der Waals surface area contributed by atoms with E-state index in [1.165, 1.54) is 14.2 Å². The molecule has 0 atom stereocenters. The number of halogens is 6. The summed E-state index contributed by atoms with van der Waals surface area (Å²) in [4.78, 5) is 14.2. The lowest BCUT2D eigenvalue weighted by molar-refractivity contribution is -0.153. The first-order chi connectivity index (χ1) is 14.9. The van der Waals surface area contributed by atoms with Gasteiger partial charge >= 0.3 is 12.4 Å². The van der Waals surface area contributed by atoms with E-state index in [1.807, 2.05) is 0 Å². The van der Waals surface area contributed by atoms with Crippen LogP contribution in [0.3, 0.4) is 0 Å². The highest BCUT2D eigenvalue weighted by atomic mass is 19.4. The normalized spacial score (nSPS) is 13.8. The van der Waals surface area contributed by atoms with E-state index < -0.39 is 43.0 Å². The lowest BCUT2D eigenvalue weighted by Crippen LogP contribution is -2.24. The van der Waals surface area contributed by atoms with Crippen LogP contribution in [0.5, 0.6) is 23.0 Å². The van der Waals surface area contributed by atoms with Gasteiger partial charge in [0.15, 0.2) is 24.7 Å². The zero-order chi connectivity index (χ0) is 23.7. The Bertz CT molecular complexity index is 969. The van der Waals surface area contributed by atoms with Crippen molar-refractivity contribution in [3.8, 4) is 23.0 Å². The molecular weight excluding hydrogens is 448 g/mol. The van der Waals surface area contributed by atoms with Crippen LogP contribution in [0.2, 0.25) is 0 Å². The van der Waals surface area contributed by atoms with Crippen molar-refractivity contribution in [1.29, 1.82) is 0 Å². The van der Waals surface area contributed by atoms with Crippen LogP contribution >= 0.6 is 0 Å². The van der Waals surface area contributed by atoms with Crippen molar-refractivity contribution < 1.29 is 50.1 Å². The summed E-state index contributed by atoms with van der Waals surface area (Å²) in [6.45, 7) is -3.35. The Kier molecular flexibility index (Phi) is 6.33. The highest BCUT2D eigenvalue weighted by Crippen LogP contribution is 2.41. The molecule has 6 nitrogen and oxygen atoms in total. The third kappa shape index (κ3) is 5.29. The number of ether oxygens (including phenoxy) is 4. The van der Waals surface area contributed by atoms with E-state index in [0.29, 0.717) is 5.56 Å². The van der Waals surface area contributed by atoms with Crippen LogP contribution in [0.15, 0.2) is 30.3 Å². The van der Waals surface area contributed by atoms with E-state index in [0.717, 1.165) is 23.1 Å². The molecule has 0 aliphatic carbocycles. The highest BCUT2D eigenvalue weighted by molar-refractivity contribution is 6.12. The molecule has 1 amide bonds. The van der Waals surface area contributed by atoms with Crippen molar-refractivity contribution in [2.24, 2.45) is 0 Å². The quantitative estimate of drug-likeness (QED) is 0.553. The maximum Gasteiger partial charge on any atom is 0.422 e. The van der Waals surface area contributed by atoms with Crippen molar-refractivity contribution >= 4 is 11.6 Å². The second-order valence-electron chi connectivity index (χ2n) is 6.70. The maximum absolute atomic E-state index is 13.1. The predicted molar refractivity (Wildman–Crippen MR) is 99.6 cm³/mol. The van der Waals surface area contributed by atoms with Crippen LogP contribution in [-0.4, -0.2) is 45.7 Å². The fourth-order valence-electron chi connectivity index (χ4n) is 3.13. The van der Waals surface area contributed by atoms with Gasteiger partial charge in [-0.15, -0.1) is 0 Å². The van der Waals surface area contributed by atoms with Gasteiger partial charge in [-0.1, -0.05) is 6.07 Å². The second kappa shape index (κ2) is 8.67. The molecule has 3 rings (SSSR count). The molecule has 0 radical (unpaired) electrons. The molecule has 12 heteroatoms. The molecule has 1 aliphatic heterocycles. The largest absolute Gasteiger partial charge is 0.493 e. The fourth-order valence-corrected chi connectivity index (χ4v) is 3.13. The molecule has 0 fully saturated rings. The van der Waals surface area contributed by atoms with Crippen molar-refractivity contribution in [2.75, 3.05) is 32.3 Å². The van der Waals surface area contributed by atoms with Crippen LogP contribution in [0, 0.1) is 0 Å². The summed E-state index contributed by atoms with van der Waals surface area (Å²) in [5, 5.41) is 0. The summed E-state index contributed by atoms with van der Waals surface area (Å²) in [5.74, 6) is -0.950. The molecule has 1 aliphatic rings. The number of alkyl halides is 6. The number of hydrogen-bond acceptors (Lipinski definition) is 5. The summed E-state index contributed by atoms with van der Waals surface area (Å²) >= 11 is 0. The van der Waals surface area contributed by atoms with E-state index in [4.69, 9.17) is 9.47 Å². The summed E-state index contributed by atoms with van der Waals surface area (Å²) in [5.41, 5.74) is 0.697. The molecule has 0 aromatic heterocycles. The number of carbonyl (C=O) groups excluding carboxylic acids is 1. The molecule has 0 saturated heterocycles. The van der Waals surface area contributed by atoms with E-state index in [2.05, 4.69) is 9.47 Å². The Hall–Kier alpha value is -3.31. The van der Waals surface area contributed by atoms with E-state index in [-0.39, 0.29) is 29.3 Å². The van der Waals surface area contributed by atoms with Gasteiger partial charge in [0.25, 0.3) is 5.91 Å². The average molecular weight is 465 g/mol. The van der Waals surface area contributed by atoms with E-state index in [9.17, 15) is 31.1 Å². The maximum atomic E-state index is 13.1. The lowest BCUT2D eigenvalue weighted by atomic mass is 10.1. The average Bonchev–Trinajstić information content (AvgIpc) is 3.05. The van der Waals surface area contributed by atoms with Gasteiger partial charge in [0.2, 0.25) is 0 Å². The number of amides is 1. The number of anilines is 1. The third-order valence-corrected chi connectivity index (χ3v) is 4.40. The summed E-state index contributed by atoms with van der Waals surface area (Å²) < 4.78 is 95.1. The van der Waals surface area contributed by atoms with Gasteiger partial charge in [0.1, 0.15) is 11.5 Å². The Labute approximate surface area is 178 Å². The topological polar surface area (TPSA) is 57.2 Å². The zero-order valence-corrected chi connectivity index (χ0v) is 16.8. The van der Waals surface area contributed by atoms with Crippen LogP contribution in [0.4, 0.5) is 32.0 Å². The van der Waals surface area contributed by atoms with Crippen LogP contribution in [0.25, 0.3) is 0 Å². The Morgan fingerprint density at radius 2 is 1.44 bits per heavy atom. The lowest BCUT2D eigenvalue weighted by Gasteiger charge is -2.20. The number of fused-ring (bicyclic) bond motifs is 1. The minimum Gasteiger partial charge on any atom is -0.493 e. The Balaban J connectivity index is 1.97. The first kappa shape index (κ1) is 23.4. The molecule has 0 saturated carbocycles. The molecule has 1 heterocycles. The molecule has 32 heavy (non-hydrogen) atoms. The van der Waals surface area contributed by atoms with Crippen LogP contribution in [0.1, 0.15) is 15.9 Å². The van der Waals surface area contributed by atoms with Gasteiger partial charge in [0, 0.05) is 18.2 Å². The number of benzene rings is 2. The van der Waals surface area contributed by atoms with Gasteiger partial charge in [0.05, 0.1) is 32.0 Å². The number of hydrogen-bond donors (Lipinski definition) is 0. The van der Waals surface area contributed by atoms with Crippen molar-refractivity contribution in [2.45, 2.75) is 18.9 Å². The Morgan fingerprint density at radius 3 is 1.91 bits per heavy atom. The molecular formula is C20H17F6NO5. The van der Waals surface area contributed by atoms with Crippen molar-refractivity contribution in [3.63, 3.8) is 0 Å². The molecule has 0 N–H and O–H groups in total. The molecule has 2 aromatic carbocycles. The molecule has 0 spiro atoms. The van der Waals surface area contributed by atoms with Gasteiger partial charge in [-0.25, -0.2) is 0 Å². The zero-order valence-electron chi connectivity index (χ0n) is 16.8. The third-order valence-electron chi connectivity index (χ3n) is 4.40. The summed E-state index contributed by atoms with van der Waals surface area (Å²) in [6, 6.07) is 6.30. The van der Waals surface area contributed by atoms with Gasteiger partial charge in [-0.2, -0.15) is 26.3 Å². The minimum absolute atomic E-state index is 0.00401. The standard InChI is InChI=1S/C20H17F6NO5/c1-29-15-4-3-11-8-27(18(28)16(11)17(15)30-2)12-5-13(31-9-19(21,22)23)7-14(6-12)32-10-20(24,25)26/h3-7H,8-10H2,1-2H3. The smallest absolute Gasteiger partial charge is 0.422 e. The fraction of sp³-hybridized carbons (Fsp3) is 0.350. The first-order valence-corrected chi connectivity index (χ1v) is 9.02. The summed E-state index contributed by atoms with van der Waals surface area (Å²) in [7, 11) is 2.72. The Morgan fingerprint density at radius 1 is 0.875 bits per heavy atom. The SMILES string of the molecule is COc1ccc2c(c1OC)C(=O)N(c1cc(OCC(F)(F)F)cc(OCC(F)(F)F)c1)C2. The molecule has 0 bridgehead atoms. The molecule has 0 unspecified atom stereocenters. The molecule has 2 aromatic rings. The predicted octanol–water partition coefficient (Wildman–Crippen LogP) is 4.75. The number of nitrogens with zero attached hydrogens (tertiary/aromatic N) is 1. The van der Waals surface area contributed by atoms with Crippen molar-refractivity contribution in [3.05, 3.63) is 41.5 Å². The van der Waals surface area contributed by atoms with Gasteiger partial charge in [-0.05, 0) is 11.6 Å². The molecule has 174 valence electrons. The highest BCUT2D eigenvalue weighted by Gasteiger charge is 2.35. The number of rotatable bonds is 7. The van der Waals surface area contributed by atoms with Crippen LogP contribution < -0.4 is 23.8 Å². The summed E-state index contributed by atoms with van der Waals surface area (Å²) in [6.07, 6.45) is -9.35.